The summed E-state index contributed by atoms with van der Waals surface area (Å²) in [5.41, 5.74) is 9.91. The summed E-state index contributed by atoms with van der Waals surface area (Å²) in [4.78, 5) is 22.6. The lowest BCUT2D eigenvalue weighted by atomic mass is 10.0. The Bertz CT molecular complexity index is 841. The van der Waals surface area contributed by atoms with E-state index in [9.17, 15) is 14.9 Å². The number of nitro groups is 1. The number of halogens is 1. The molecule has 2 unspecified atom stereocenters. The zero-order valence-electron chi connectivity index (χ0n) is 13.6. The summed E-state index contributed by atoms with van der Waals surface area (Å²) in [7, 11) is 0. The zero-order valence-corrected chi connectivity index (χ0v) is 14.3. The van der Waals surface area contributed by atoms with Crippen molar-refractivity contribution >= 4 is 29.4 Å². The van der Waals surface area contributed by atoms with E-state index in [-0.39, 0.29) is 17.6 Å². The van der Waals surface area contributed by atoms with Crippen LogP contribution in [0, 0.1) is 10.1 Å². The number of non-ortho nitro benzene ring substituents is 1. The highest BCUT2D eigenvalue weighted by Gasteiger charge is 2.30. The number of nitrogens with one attached hydrogen (secondary N) is 3. The number of hydrogen-bond donors (Lipinski definition) is 3. The highest BCUT2D eigenvalue weighted by Crippen LogP contribution is 2.25. The second-order valence-corrected chi connectivity index (χ2v) is 6.20. The number of carbonyl (C=O) groups excluding carboxylic acids is 1. The van der Waals surface area contributed by atoms with Crippen LogP contribution in [0.4, 0.5) is 5.69 Å². The normalized spacial score (nSPS) is 19.6. The third kappa shape index (κ3) is 4.42. The van der Waals surface area contributed by atoms with E-state index in [1.54, 1.807) is 36.4 Å². The predicted molar refractivity (Wildman–Crippen MR) is 97.7 cm³/mol. The zero-order chi connectivity index (χ0) is 18.5. The minimum atomic E-state index is -0.498. The Labute approximate surface area is 154 Å². The van der Waals surface area contributed by atoms with Crippen LogP contribution in [0.25, 0.3) is 0 Å². The number of amides is 1. The van der Waals surface area contributed by atoms with Gasteiger partial charge in [0, 0.05) is 23.2 Å². The van der Waals surface area contributed by atoms with E-state index in [4.69, 9.17) is 11.6 Å². The van der Waals surface area contributed by atoms with Gasteiger partial charge in [-0.1, -0.05) is 35.9 Å². The minimum Gasteiger partial charge on any atom is -0.271 e. The summed E-state index contributed by atoms with van der Waals surface area (Å²) < 4.78 is 0. The standard InChI is InChI=1S/C17H16ClN5O3/c18-13-6-4-11(5-7-13)10-19-22-17(24)16-9-15(20-21-16)12-2-1-3-14(8-12)23(25)26/h1-8,10,15-16,20-21H,9H2,(H,22,24)/b19-10+. The quantitative estimate of drug-likeness (QED) is 0.423. The molecule has 2 aromatic rings. The number of rotatable bonds is 5. The summed E-state index contributed by atoms with van der Waals surface area (Å²) in [5.74, 6) is -0.296. The van der Waals surface area contributed by atoms with Crippen LogP contribution in [-0.4, -0.2) is 23.1 Å². The SMILES string of the molecule is O=C(N/N=C/c1ccc(Cl)cc1)C1CC(c2cccc([N+](=O)[O-])c2)NN1. The molecule has 1 heterocycles. The fourth-order valence-electron chi connectivity index (χ4n) is 2.60. The molecule has 0 saturated carbocycles. The second kappa shape index (κ2) is 8.05. The molecule has 3 N–H and O–H groups in total. The number of benzene rings is 2. The van der Waals surface area contributed by atoms with Gasteiger partial charge in [0.25, 0.3) is 11.6 Å². The van der Waals surface area contributed by atoms with E-state index in [0.717, 1.165) is 11.1 Å². The summed E-state index contributed by atoms with van der Waals surface area (Å²) in [6.45, 7) is 0. The van der Waals surface area contributed by atoms with Gasteiger partial charge in [0.1, 0.15) is 6.04 Å². The van der Waals surface area contributed by atoms with Crippen LogP contribution in [0.5, 0.6) is 0 Å². The van der Waals surface area contributed by atoms with Gasteiger partial charge < -0.3 is 0 Å². The average molecular weight is 374 g/mol. The molecular formula is C17H16ClN5O3. The molecule has 2 aromatic carbocycles. The largest absolute Gasteiger partial charge is 0.271 e. The number of nitro benzene ring substituents is 1. The van der Waals surface area contributed by atoms with Crippen LogP contribution in [0.15, 0.2) is 53.6 Å². The average Bonchev–Trinajstić information content (AvgIpc) is 3.14. The van der Waals surface area contributed by atoms with Gasteiger partial charge in [0.05, 0.1) is 11.1 Å². The molecule has 1 fully saturated rings. The Kier molecular flexibility index (Phi) is 5.57. The number of hydrazine groups is 1. The van der Waals surface area contributed by atoms with E-state index < -0.39 is 11.0 Å². The molecule has 8 nitrogen and oxygen atoms in total. The molecule has 1 amide bonds. The van der Waals surface area contributed by atoms with Crippen LogP contribution in [0.2, 0.25) is 5.02 Å². The van der Waals surface area contributed by atoms with Crippen LogP contribution < -0.4 is 16.3 Å². The van der Waals surface area contributed by atoms with Crippen molar-refractivity contribution in [1.82, 2.24) is 16.3 Å². The summed E-state index contributed by atoms with van der Waals surface area (Å²) in [6.07, 6.45) is 1.97. The van der Waals surface area contributed by atoms with Crippen molar-refractivity contribution in [3.8, 4) is 0 Å². The number of carbonyl (C=O) groups is 1. The smallest absolute Gasteiger partial charge is 0.269 e. The minimum absolute atomic E-state index is 0.0183. The molecule has 2 atom stereocenters. The Morgan fingerprint density at radius 2 is 2.04 bits per heavy atom. The fourth-order valence-corrected chi connectivity index (χ4v) is 2.73. The first kappa shape index (κ1) is 18.0. The lowest BCUT2D eigenvalue weighted by Gasteiger charge is -2.09. The van der Waals surface area contributed by atoms with E-state index in [1.807, 2.05) is 0 Å². The Hall–Kier alpha value is -2.81. The molecule has 0 spiro atoms. The van der Waals surface area contributed by atoms with Gasteiger partial charge in [0.15, 0.2) is 0 Å². The highest BCUT2D eigenvalue weighted by molar-refractivity contribution is 6.30. The topological polar surface area (TPSA) is 109 Å². The van der Waals surface area contributed by atoms with Crippen molar-refractivity contribution < 1.29 is 9.72 Å². The third-order valence-corrected chi connectivity index (χ3v) is 4.21. The van der Waals surface area contributed by atoms with E-state index >= 15 is 0 Å². The molecule has 0 radical (unpaired) electrons. The number of hydrazone groups is 1. The van der Waals surface area contributed by atoms with Crippen LogP contribution in [0.1, 0.15) is 23.6 Å². The van der Waals surface area contributed by atoms with Crippen molar-refractivity contribution in [1.29, 1.82) is 0 Å². The molecule has 0 aliphatic carbocycles. The van der Waals surface area contributed by atoms with E-state index in [1.165, 1.54) is 18.3 Å². The molecule has 0 bridgehead atoms. The maximum atomic E-state index is 12.2. The van der Waals surface area contributed by atoms with Gasteiger partial charge >= 0.3 is 0 Å². The Morgan fingerprint density at radius 1 is 1.27 bits per heavy atom. The van der Waals surface area contributed by atoms with Crippen molar-refractivity contribution in [2.45, 2.75) is 18.5 Å². The molecule has 1 aliphatic rings. The second-order valence-electron chi connectivity index (χ2n) is 5.77. The Balaban J connectivity index is 1.56. The summed E-state index contributed by atoms with van der Waals surface area (Å²) in [5, 5.41) is 15.4. The number of hydrogen-bond acceptors (Lipinski definition) is 6. The highest BCUT2D eigenvalue weighted by atomic mass is 35.5. The van der Waals surface area contributed by atoms with Crippen LogP contribution in [-0.2, 0) is 4.79 Å². The maximum absolute atomic E-state index is 12.2. The lowest BCUT2D eigenvalue weighted by molar-refractivity contribution is -0.384. The van der Waals surface area contributed by atoms with Gasteiger partial charge in [-0.15, -0.1) is 0 Å². The van der Waals surface area contributed by atoms with Gasteiger partial charge in [-0.3, -0.25) is 14.9 Å². The van der Waals surface area contributed by atoms with Crippen molar-refractivity contribution in [3.63, 3.8) is 0 Å². The monoisotopic (exact) mass is 373 g/mol. The van der Waals surface area contributed by atoms with Crippen LogP contribution in [0.3, 0.4) is 0 Å². The molecule has 26 heavy (non-hydrogen) atoms. The predicted octanol–water partition coefficient (Wildman–Crippen LogP) is 2.31. The fraction of sp³-hybridized carbons (Fsp3) is 0.176. The molecular weight excluding hydrogens is 358 g/mol. The van der Waals surface area contributed by atoms with Crippen molar-refractivity contribution in [3.05, 3.63) is 74.8 Å². The number of nitrogens with zero attached hydrogens (tertiary/aromatic N) is 2. The van der Waals surface area contributed by atoms with Gasteiger partial charge in [-0.05, 0) is 29.7 Å². The van der Waals surface area contributed by atoms with Crippen molar-refractivity contribution in [2.75, 3.05) is 0 Å². The Morgan fingerprint density at radius 3 is 2.77 bits per heavy atom. The van der Waals surface area contributed by atoms with E-state index in [2.05, 4.69) is 21.4 Å². The molecule has 9 heteroatoms. The van der Waals surface area contributed by atoms with E-state index in [0.29, 0.717) is 11.4 Å². The van der Waals surface area contributed by atoms with Gasteiger partial charge in [-0.25, -0.2) is 16.3 Å². The first-order chi connectivity index (χ1) is 12.5. The molecule has 1 aliphatic heterocycles. The molecule has 1 saturated heterocycles. The summed E-state index contributed by atoms with van der Waals surface area (Å²) >= 11 is 5.81. The molecule has 3 rings (SSSR count). The summed E-state index contributed by atoms with van der Waals surface area (Å²) in [6, 6.07) is 12.7. The van der Waals surface area contributed by atoms with Gasteiger partial charge in [0.2, 0.25) is 0 Å². The third-order valence-electron chi connectivity index (χ3n) is 3.96. The molecule has 134 valence electrons. The van der Waals surface area contributed by atoms with Crippen LogP contribution >= 0.6 is 11.6 Å². The lowest BCUT2D eigenvalue weighted by Crippen LogP contribution is -2.41. The first-order valence-electron chi connectivity index (χ1n) is 7.87. The molecule has 0 aromatic heterocycles. The first-order valence-corrected chi connectivity index (χ1v) is 8.24. The maximum Gasteiger partial charge on any atom is 0.269 e. The van der Waals surface area contributed by atoms with Gasteiger partial charge in [-0.2, -0.15) is 5.10 Å². The van der Waals surface area contributed by atoms with Crippen molar-refractivity contribution in [2.24, 2.45) is 5.10 Å².